The Hall–Kier alpha value is -0.830. The van der Waals surface area contributed by atoms with Crippen molar-refractivity contribution in [3.63, 3.8) is 0 Å². The van der Waals surface area contributed by atoms with Gasteiger partial charge in [0.25, 0.3) is 0 Å². The third kappa shape index (κ3) is 18.0. The van der Waals surface area contributed by atoms with Crippen LogP contribution in [0.25, 0.3) is 0 Å². The summed E-state index contributed by atoms with van der Waals surface area (Å²) in [7, 11) is 0. The Morgan fingerprint density at radius 1 is 0.731 bits per heavy atom. The first-order valence-corrected chi connectivity index (χ1v) is 11.3. The standard InChI is InChI=1S/C23H45NO2/c1-3-4-5-6-7-8-9-10-11-12-13-14-15-16-17-18-21-26-23(25)22(2)19-20-24/h2-21,24H2,1H3. The van der Waals surface area contributed by atoms with Crippen molar-refractivity contribution in [2.24, 2.45) is 5.73 Å². The number of rotatable bonds is 20. The van der Waals surface area contributed by atoms with Crippen molar-refractivity contribution < 1.29 is 9.53 Å². The van der Waals surface area contributed by atoms with Gasteiger partial charge in [-0.15, -0.1) is 0 Å². The molecular weight excluding hydrogens is 322 g/mol. The second-order valence-corrected chi connectivity index (χ2v) is 7.58. The van der Waals surface area contributed by atoms with Crippen molar-refractivity contribution in [2.45, 2.75) is 116 Å². The molecule has 3 nitrogen and oxygen atoms in total. The van der Waals surface area contributed by atoms with Crippen molar-refractivity contribution in [2.75, 3.05) is 13.2 Å². The van der Waals surface area contributed by atoms with Crippen LogP contribution in [0.4, 0.5) is 0 Å². The maximum Gasteiger partial charge on any atom is 0.333 e. The number of nitrogens with two attached hydrogens (primary N) is 1. The SMILES string of the molecule is C=C(CCN)C(=O)OCCCCCCCCCCCCCCCCCC. The molecule has 0 aliphatic carbocycles. The van der Waals surface area contributed by atoms with E-state index in [-0.39, 0.29) is 5.97 Å². The zero-order chi connectivity index (χ0) is 19.3. The van der Waals surface area contributed by atoms with Gasteiger partial charge in [0.2, 0.25) is 0 Å². The fraction of sp³-hybridized carbons (Fsp3) is 0.870. The first-order valence-electron chi connectivity index (χ1n) is 11.3. The Kier molecular flexibility index (Phi) is 19.8. The van der Waals surface area contributed by atoms with Gasteiger partial charge in [-0.1, -0.05) is 110 Å². The van der Waals surface area contributed by atoms with Crippen molar-refractivity contribution in [1.82, 2.24) is 0 Å². The minimum absolute atomic E-state index is 0.281. The van der Waals surface area contributed by atoms with Gasteiger partial charge < -0.3 is 10.5 Å². The minimum atomic E-state index is -0.281. The van der Waals surface area contributed by atoms with Gasteiger partial charge in [-0.2, -0.15) is 0 Å². The van der Waals surface area contributed by atoms with Crippen LogP contribution in [0.3, 0.4) is 0 Å². The zero-order valence-electron chi connectivity index (χ0n) is 17.5. The minimum Gasteiger partial charge on any atom is -0.462 e. The number of ether oxygens (including phenoxy) is 1. The summed E-state index contributed by atoms with van der Waals surface area (Å²) >= 11 is 0. The van der Waals surface area contributed by atoms with Crippen molar-refractivity contribution in [3.05, 3.63) is 12.2 Å². The van der Waals surface area contributed by atoms with Gasteiger partial charge in [-0.3, -0.25) is 0 Å². The summed E-state index contributed by atoms with van der Waals surface area (Å²) in [5.74, 6) is -0.281. The van der Waals surface area contributed by atoms with Crippen molar-refractivity contribution in [1.29, 1.82) is 0 Å². The molecule has 0 aliphatic heterocycles. The molecule has 0 aromatic carbocycles. The summed E-state index contributed by atoms with van der Waals surface area (Å²) in [4.78, 5) is 11.5. The molecule has 154 valence electrons. The van der Waals surface area contributed by atoms with E-state index >= 15 is 0 Å². The van der Waals surface area contributed by atoms with E-state index in [1.807, 2.05) is 0 Å². The van der Waals surface area contributed by atoms with E-state index in [4.69, 9.17) is 10.5 Å². The monoisotopic (exact) mass is 367 g/mol. The lowest BCUT2D eigenvalue weighted by molar-refractivity contribution is -0.139. The summed E-state index contributed by atoms with van der Waals surface area (Å²) in [5.41, 5.74) is 5.88. The first-order chi connectivity index (χ1) is 12.7. The number of esters is 1. The topological polar surface area (TPSA) is 52.3 Å². The smallest absolute Gasteiger partial charge is 0.333 e. The van der Waals surface area contributed by atoms with E-state index < -0.39 is 0 Å². The van der Waals surface area contributed by atoms with Crippen LogP contribution >= 0.6 is 0 Å². The van der Waals surface area contributed by atoms with Crippen LogP contribution in [0.1, 0.15) is 116 Å². The number of carbonyl (C=O) groups excluding carboxylic acids is 1. The van der Waals surface area contributed by atoms with Gasteiger partial charge in [0.15, 0.2) is 0 Å². The second kappa shape index (κ2) is 20.5. The third-order valence-electron chi connectivity index (χ3n) is 4.97. The predicted molar refractivity (Wildman–Crippen MR) is 113 cm³/mol. The molecule has 0 spiro atoms. The number of hydrogen-bond acceptors (Lipinski definition) is 3. The second-order valence-electron chi connectivity index (χ2n) is 7.58. The summed E-state index contributed by atoms with van der Waals surface area (Å²) < 4.78 is 5.18. The maximum absolute atomic E-state index is 11.5. The van der Waals surface area contributed by atoms with Crippen molar-refractivity contribution in [3.8, 4) is 0 Å². The molecule has 0 unspecified atom stereocenters. The molecule has 3 heteroatoms. The van der Waals surface area contributed by atoms with E-state index in [2.05, 4.69) is 13.5 Å². The van der Waals surface area contributed by atoms with E-state index in [1.165, 1.54) is 89.9 Å². The Balaban J connectivity index is 3.13. The van der Waals surface area contributed by atoms with Crippen LogP contribution in [0.2, 0.25) is 0 Å². The van der Waals surface area contributed by atoms with E-state index in [0.29, 0.717) is 25.1 Å². The average Bonchev–Trinajstić information content (AvgIpc) is 2.64. The van der Waals surface area contributed by atoms with Gasteiger partial charge >= 0.3 is 5.97 Å². The lowest BCUT2D eigenvalue weighted by atomic mass is 10.0. The zero-order valence-corrected chi connectivity index (χ0v) is 17.5. The van der Waals surface area contributed by atoms with E-state index in [0.717, 1.165) is 12.8 Å². The van der Waals surface area contributed by atoms with Gasteiger partial charge in [0, 0.05) is 5.57 Å². The molecule has 0 aliphatic rings. The molecule has 0 radical (unpaired) electrons. The molecule has 0 aromatic rings. The fourth-order valence-electron chi connectivity index (χ4n) is 3.19. The lowest BCUT2D eigenvalue weighted by Gasteiger charge is -2.06. The third-order valence-corrected chi connectivity index (χ3v) is 4.97. The van der Waals surface area contributed by atoms with Crippen LogP contribution in [0, 0.1) is 0 Å². The van der Waals surface area contributed by atoms with Crippen LogP contribution in [0.5, 0.6) is 0 Å². The Morgan fingerprint density at radius 3 is 1.50 bits per heavy atom. The highest BCUT2D eigenvalue weighted by molar-refractivity contribution is 5.87. The fourth-order valence-corrected chi connectivity index (χ4v) is 3.19. The summed E-state index contributed by atoms with van der Waals surface area (Å²) in [6.07, 6.45) is 22.1. The molecule has 0 amide bonds. The van der Waals surface area contributed by atoms with Gasteiger partial charge in [0.1, 0.15) is 0 Å². The molecule has 0 fully saturated rings. The Morgan fingerprint density at radius 2 is 1.12 bits per heavy atom. The van der Waals surface area contributed by atoms with Gasteiger partial charge in [-0.05, 0) is 19.4 Å². The van der Waals surface area contributed by atoms with E-state index in [1.54, 1.807) is 0 Å². The molecule has 2 N–H and O–H groups in total. The maximum atomic E-state index is 11.5. The lowest BCUT2D eigenvalue weighted by Crippen LogP contribution is -2.11. The molecule has 0 rings (SSSR count). The first kappa shape index (κ1) is 25.2. The number of hydrogen-bond donors (Lipinski definition) is 1. The van der Waals surface area contributed by atoms with E-state index in [9.17, 15) is 4.79 Å². The normalized spacial score (nSPS) is 10.8. The van der Waals surface area contributed by atoms with Crippen molar-refractivity contribution >= 4 is 5.97 Å². The quantitative estimate of drug-likeness (QED) is 0.148. The summed E-state index contributed by atoms with van der Waals surface area (Å²) in [6, 6.07) is 0. The highest BCUT2D eigenvalue weighted by atomic mass is 16.5. The molecule has 0 saturated heterocycles. The number of carbonyl (C=O) groups is 1. The molecule has 0 bridgehead atoms. The molecule has 0 heterocycles. The molecule has 0 saturated carbocycles. The summed E-state index contributed by atoms with van der Waals surface area (Å²) in [6.45, 7) is 6.93. The predicted octanol–water partition coefficient (Wildman–Crippen LogP) is 6.70. The highest BCUT2D eigenvalue weighted by Gasteiger charge is 2.06. The number of unbranched alkanes of at least 4 members (excludes halogenated alkanes) is 15. The van der Waals surface area contributed by atoms with Gasteiger partial charge in [0.05, 0.1) is 6.61 Å². The molecule has 0 atom stereocenters. The average molecular weight is 368 g/mol. The largest absolute Gasteiger partial charge is 0.462 e. The van der Waals surface area contributed by atoms with Crippen LogP contribution in [-0.2, 0) is 9.53 Å². The molecular formula is C23H45NO2. The molecule has 26 heavy (non-hydrogen) atoms. The van der Waals surface area contributed by atoms with Crippen LogP contribution in [-0.4, -0.2) is 19.1 Å². The van der Waals surface area contributed by atoms with Crippen LogP contribution in [0.15, 0.2) is 12.2 Å². The van der Waals surface area contributed by atoms with Gasteiger partial charge in [-0.25, -0.2) is 4.79 Å². The summed E-state index contributed by atoms with van der Waals surface area (Å²) in [5, 5.41) is 0. The highest BCUT2D eigenvalue weighted by Crippen LogP contribution is 2.13. The Labute approximate surface area is 163 Å². The van der Waals surface area contributed by atoms with Crippen LogP contribution < -0.4 is 5.73 Å². The molecule has 0 aromatic heterocycles. The Bertz CT molecular complexity index is 328.